The number of fused-ring (bicyclic) bond motifs is 4. The van der Waals surface area contributed by atoms with Crippen molar-refractivity contribution >= 4 is 33.0 Å². The molecule has 1 N–H and O–H groups in total. The normalized spacial score (nSPS) is 20.5. The fraction of sp³-hybridized carbons (Fsp3) is 0.304. The predicted molar refractivity (Wildman–Crippen MR) is 124 cm³/mol. The smallest absolute Gasteiger partial charge is 0.258 e. The van der Waals surface area contributed by atoms with E-state index in [1.807, 2.05) is 28.8 Å². The first kappa shape index (κ1) is 21.1. The Morgan fingerprint density at radius 2 is 1.84 bits per heavy atom. The lowest BCUT2D eigenvalue weighted by Gasteiger charge is -2.42. The monoisotopic (exact) mass is 469 g/mol. The van der Waals surface area contributed by atoms with Crippen molar-refractivity contribution in [1.29, 1.82) is 0 Å². The minimum Gasteiger partial charge on any atom is -0.326 e. The van der Waals surface area contributed by atoms with Gasteiger partial charge in [0, 0.05) is 49.4 Å². The molecule has 2 bridgehead atoms. The lowest BCUT2D eigenvalue weighted by molar-refractivity contribution is -0.114. The SMILES string of the molecule is CC(=O)Nc1ccc(-c2ccc3n(c2=O)C[C@H]2C[C@@H]3CN(S(=O)(=O)c3cccs3)C2)cc1. The molecule has 0 aliphatic carbocycles. The van der Waals surface area contributed by atoms with Crippen LogP contribution < -0.4 is 10.9 Å². The zero-order valence-electron chi connectivity index (χ0n) is 17.5. The third-order valence-electron chi connectivity index (χ3n) is 6.18. The molecule has 1 aromatic carbocycles. The van der Waals surface area contributed by atoms with Crippen LogP contribution in [-0.4, -0.2) is 36.3 Å². The number of rotatable bonds is 4. The number of anilines is 1. The number of nitrogens with zero attached hydrogens (tertiary/aromatic N) is 2. The lowest BCUT2D eigenvalue weighted by atomic mass is 9.84. The third-order valence-corrected chi connectivity index (χ3v) is 9.38. The van der Waals surface area contributed by atoms with Crippen molar-refractivity contribution in [1.82, 2.24) is 8.87 Å². The molecule has 32 heavy (non-hydrogen) atoms. The number of benzene rings is 1. The van der Waals surface area contributed by atoms with Crippen molar-refractivity contribution in [3.05, 3.63) is 70.0 Å². The zero-order chi connectivity index (χ0) is 22.5. The van der Waals surface area contributed by atoms with E-state index in [2.05, 4.69) is 5.32 Å². The Balaban J connectivity index is 1.45. The molecule has 5 rings (SSSR count). The van der Waals surface area contributed by atoms with Crippen LogP contribution in [-0.2, 0) is 21.4 Å². The maximum atomic E-state index is 13.3. The molecule has 0 radical (unpaired) electrons. The first-order chi connectivity index (χ1) is 15.3. The fourth-order valence-electron chi connectivity index (χ4n) is 4.79. The number of aromatic nitrogens is 1. The van der Waals surface area contributed by atoms with Crippen LogP contribution in [0.1, 0.15) is 25.0 Å². The van der Waals surface area contributed by atoms with Gasteiger partial charge in [0.05, 0.1) is 0 Å². The number of sulfonamides is 1. The summed E-state index contributed by atoms with van der Waals surface area (Å²) in [6.45, 7) is 2.78. The number of thiophene rings is 1. The second-order valence-corrected chi connectivity index (χ2v) is 11.5. The zero-order valence-corrected chi connectivity index (χ0v) is 19.2. The van der Waals surface area contributed by atoms with Crippen LogP contribution in [0, 0.1) is 5.92 Å². The second kappa shape index (κ2) is 7.99. The van der Waals surface area contributed by atoms with E-state index in [-0.39, 0.29) is 23.3 Å². The topological polar surface area (TPSA) is 88.5 Å². The Bertz CT molecular complexity index is 1330. The molecule has 166 valence electrons. The third kappa shape index (κ3) is 3.70. The highest BCUT2D eigenvalue weighted by Crippen LogP contribution is 2.38. The van der Waals surface area contributed by atoms with E-state index < -0.39 is 10.0 Å². The van der Waals surface area contributed by atoms with Gasteiger partial charge in [-0.3, -0.25) is 9.59 Å². The molecule has 1 amide bonds. The van der Waals surface area contributed by atoms with Gasteiger partial charge in [-0.25, -0.2) is 8.42 Å². The maximum Gasteiger partial charge on any atom is 0.258 e. The largest absolute Gasteiger partial charge is 0.326 e. The molecular formula is C23H23N3O4S2. The molecule has 4 heterocycles. The van der Waals surface area contributed by atoms with Gasteiger partial charge in [-0.2, -0.15) is 4.31 Å². The Labute approximate surface area is 190 Å². The van der Waals surface area contributed by atoms with Crippen molar-refractivity contribution < 1.29 is 13.2 Å². The van der Waals surface area contributed by atoms with Crippen LogP contribution in [0.15, 0.2) is 62.9 Å². The first-order valence-corrected chi connectivity index (χ1v) is 12.8. The van der Waals surface area contributed by atoms with Gasteiger partial charge in [-0.1, -0.05) is 18.2 Å². The number of pyridine rings is 1. The standard InChI is InChI=1S/C23H23N3O4S2/c1-15(27)24-19-6-4-17(5-7-19)20-8-9-21-18-11-16(13-26(21)23(20)28)12-25(14-18)32(29,30)22-3-2-10-31-22/h2-10,16,18H,11-14H2,1H3,(H,24,27)/t16-,18+/m0/s1. The summed E-state index contributed by atoms with van der Waals surface area (Å²) in [6.07, 6.45) is 0.890. The summed E-state index contributed by atoms with van der Waals surface area (Å²) in [6, 6.07) is 14.4. The summed E-state index contributed by atoms with van der Waals surface area (Å²) in [5.74, 6) is -0.0412. The molecule has 0 unspecified atom stereocenters. The highest BCUT2D eigenvalue weighted by atomic mass is 32.2. The van der Waals surface area contributed by atoms with Crippen molar-refractivity contribution in [2.75, 3.05) is 18.4 Å². The molecule has 2 atom stereocenters. The van der Waals surface area contributed by atoms with Crippen LogP contribution in [0.4, 0.5) is 5.69 Å². The summed E-state index contributed by atoms with van der Waals surface area (Å²) in [5, 5.41) is 4.50. The second-order valence-electron chi connectivity index (χ2n) is 8.40. The van der Waals surface area contributed by atoms with E-state index in [0.717, 1.165) is 17.7 Å². The van der Waals surface area contributed by atoms with E-state index in [4.69, 9.17) is 0 Å². The average molecular weight is 470 g/mol. The van der Waals surface area contributed by atoms with Gasteiger partial charge in [0.15, 0.2) is 0 Å². The molecule has 1 saturated heterocycles. The van der Waals surface area contributed by atoms with Gasteiger partial charge in [-0.05, 0) is 53.6 Å². The summed E-state index contributed by atoms with van der Waals surface area (Å²) < 4.78 is 29.8. The van der Waals surface area contributed by atoms with E-state index >= 15 is 0 Å². The summed E-state index contributed by atoms with van der Waals surface area (Å²) >= 11 is 1.24. The van der Waals surface area contributed by atoms with Gasteiger partial charge in [0.1, 0.15) is 4.21 Å². The van der Waals surface area contributed by atoms with E-state index in [1.54, 1.807) is 34.0 Å². The molecule has 1 fully saturated rings. The number of hydrogen-bond acceptors (Lipinski definition) is 5. The summed E-state index contributed by atoms with van der Waals surface area (Å²) in [4.78, 5) is 24.6. The lowest BCUT2D eigenvalue weighted by Crippen LogP contribution is -2.49. The maximum absolute atomic E-state index is 13.3. The molecule has 7 nitrogen and oxygen atoms in total. The number of carbonyl (C=O) groups is 1. The Hall–Kier alpha value is -2.75. The minimum atomic E-state index is -3.50. The first-order valence-electron chi connectivity index (χ1n) is 10.5. The highest BCUT2D eigenvalue weighted by molar-refractivity contribution is 7.91. The molecule has 0 saturated carbocycles. The fourth-order valence-corrected chi connectivity index (χ4v) is 7.50. The van der Waals surface area contributed by atoms with Gasteiger partial charge in [0.25, 0.3) is 15.6 Å². The summed E-state index contributed by atoms with van der Waals surface area (Å²) in [7, 11) is -3.50. The summed E-state index contributed by atoms with van der Waals surface area (Å²) in [5.41, 5.74) is 2.92. The minimum absolute atomic E-state index is 0.00105. The Morgan fingerprint density at radius 1 is 1.06 bits per heavy atom. The van der Waals surface area contributed by atoms with Crippen molar-refractivity contribution in [3.63, 3.8) is 0 Å². The molecule has 2 aliphatic heterocycles. The van der Waals surface area contributed by atoms with Crippen molar-refractivity contribution in [2.45, 2.75) is 30.0 Å². The number of nitrogens with one attached hydrogen (secondary N) is 1. The number of hydrogen-bond donors (Lipinski definition) is 1. The van der Waals surface area contributed by atoms with Gasteiger partial charge < -0.3 is 9.88 Å². The van der Waals surface area contributed by atoms with E-state index in [9.17, 15) is 18.0 Å². The predicted octanol–water partition coefficient (Wildman–Crippen LogP) is 3.34. The van der Waals surface area contributed by atoms with Crippen molar-refractivity contribution in [2.24, 2.45) is 5.92 Å². The van der Waals surface area contributed by atoms with Crippen LogP contribution in [0.5, 0.6) is 0 Å². The number of piperidine rings is 1. The van der Waals surface area contributed by atoms with Gasteiger partial charge >= 0.3 is 0 Å². The van der Waals surface area contributed by atoms with Crippen LogP contribution in [0.3, 0.4) is 0 Å². The Morgan fingerprint density at radius 3 is 2.53 bits per heavy atom. The molecule has 9 heteroatoms. The van der Waals surface area contributed by atoms with Crippen LogP contribution in [0.2, 0.25) is 0 Å². The van der Waals surface area contributed by atoms with Gasteiger partial charge in [-0.15, -0.1) is 11.3 Å². The average Bonchev–Trinajstić information content (AvgIpc) is 3.31. The van der Waals surface area contributed by atoms with Crippen molar-refractivity contribution in [3.8, 4) is 11.1 Å². The molecule has 3 aromatic rings. The van der Waals surface area contributed by atoms with Gasteiger partial charge in [0.2, 0.25) is 5.91 Å². The van der Waals surface area contributed by atoms with Crippen LogP contribution >= 0.6 is 11.3 Å². The quantitative estimate of drug-likeness (QED) is 0.635. The molecule has 2 aliphatic rings. The molecular weight excluding hydrogens is 446 g/mol. The number of amides is 1. The van der Waals surface area contributed by atoms with Crippen LogP contribution in [0.25, 0.3) is 11.1 Å². The Kier molecular flexibility index (Phi) is 5.27. The highest BCUT2D eigenvalue weighted by Gasteiger charge is 2.40. The molecule has 2 aromatic heterocycles. The van der Waals surface area contributed by atoms with E-state index in [1.165, 1.54) is 18.3 Å². The molecule has 0 spiro atoms. The number of carbonyl (C=O) groups excluding carboxylic acids is 1. The van der Waals surface area contributed by atoms with E-state index in [0.29, 0.717) is 35.1 Å².